The van der Waals surface area contributed by atoms with E-state index in [-0.39, 0.29) is 22.8 Å². The van der Waals surface area contributed by atoms with Crippen molar-refractivity contribution in [1.82, 2.24) is 4.48 Å². The fraction of sp³-hybridized carbons (Fsp3) is 0.200. The highest BCUT2D eigenvalue weighted by atomic mass is 79.9. The third-order valence-electron chi connectivity index (χ3n) is 4.82. The molecule has 0 bridgehead atoms. The van der Waals surface area contributed by atoms with Crippen LogP contribution in [0, 0.1) is 0 Å². The number of rotatable bonds is 3. The Morgan fingerprint density at radius 1 is 1.19 bits per heavy atom. The molecule has 140 valence electrons. The largest absolute Gasteiger partial charge is 0.506 e. The van der Waals surface area contributed by atoms with E-state index in [9.17, 15) is 9.90 Å². The van der Waals surface area contributed by atoms with E-state index in [1.54, 1.807) is 6.08 Å². The number of Topliss-reactive ketones (excluding diaryl/α,β-unsaturated/α-hetero) is 1. The number of quaternary nitrogens is 1. The van der Waals surface area contributed by atoms with Crippen LogP contribution in [0.15, 0.2) is 50.4 Å². The lowest BCUT2D eigenvalue weighted by Gasteiger charge is -2.27. The van der Waals surface area contributed by atoms with Crippen LogP contribution < -0.4 is 10.2 Å². The van der Waals surface area contributed by atoms with Crippen LogP contribution in [-0.2, 0) is 0 Å². The van der Waals surface area contributed by atoms with Crippen LogP contribution in [-0.4, -0.2) is 37.2 Å². The number of phenolic OH excluding ortho intramolecular Hbond substituents is 1. The molecule has 0 heterocycles. The van der Waals surface area contributed by atoms with Gasteiger partial charge in [0, 0.05) is 11.8 Å². The molecule has 0 saturated heterocycles. The third kappa shape index (κ3) is 3.59. The Balaban J connectivity index is 2.22. The summed E-state index contributed by atoms with van der Waals surface area (Å²) >= 11 is 6.58. The topological polar surface area (TPSA) is 75.7 Å². The summed E-state index contributed by atoms with van der Waals surface area (Å²) in [6.45, 7) is 3.06. The van der Waals surface area contributed by atoms with Crippen molar-refractivity contribution in [3.63, 3.8) is 0 Å². The van der Waals surface area contributed by atoms with Gasteiger partial charge in [0.05, 0.1) is 52.1 Å². The van der Waals surface area contributed by atoms with E-state index >= 15 is 0 Å². The predicted octanol–water partition coefficient (Wildman–Crippen LogP) is 4.92. The molecule has 1 aliphatic rings. The molecule has 0 unspecified atom stereocenters. The molecule has 0 atom stereocenters. The van der Waals surface area contributed by atoms with Gasteiger partial charge in [-0.2, -0.15) is 0 Å². The summed E-state index contributed by atoms with van der Waals surface area (Å²) < 4.78 is 1.49. The number of hydrogen-bond donors (Lipinski definition) is 2. The first kappa shape index (κ1) is 19.8. The molecule has 0 aromatic heterocycles. The van der Waals surface area contributed by atoms with Crippen LogP contribution in [0.5, 0.6) is 5.75 Å². The quantitative estimate of drug-likeness (QED) is 0.362. The zero-order valence-electron chi connectivity index (χ0n) is 15.3. The summed E-state index contributed by atoms with van der Waals surface area (Å²) in [5, 5.41) is 10.6. The van der Waals surface area contributed by atoms with E-state index in [0.29, 0.717) is 20.2 Å². The molecule has 3 N–H and O–H groups in total. The molecule has 0 spiro atoms. The van der Waals surface area contributed by atoms with E-state index in [1.807, 2.05) is 18.2 Å². The molecule has 0 saturated carbocycles. The number of anilines is 1. The van der Waals surface area contributed by atoms with Gasteiger partial charge in [-0.1, -0.05) is 6.07 Å². The van der Waals surface area contributed by atoms with Crippen molar-refractivity contribution in [3.05, 3.63) is 56.5 Å². The molecule has 2 aromatic rings. The van der Waals surface area contributed by atoms with Crippen molar-refractivity contribution in [2.45, 2.75) is 6.92 Å². The fourth-order valence-electron chi connectivity index (χ4n) is 2.88. The first-order valence-corrected chi connectivity index (χ1v) is 10.00. The minimum atomic E-state index is -0.276. The Labute approximate surface area is 175 Å². The Morgan fingerprint density at radius 3 is 2.56 bits per heavy atom. The van der Waals surface area contributed by atoms with E-state index in [1.165, 1.54) is 6.07 Å². The molecule has 0 amide bonds. The van der Waals surface area contributed by atoms with Gasteiger partial charge in [-0.05, 0) is 63.1 Å². The number of allylic oxidation sites excluding steroid dienone is 2. The summed E-state index contributed by atoms with van der Waals surface area (Å²) in [6.07, 6.45) is 1.61. The van der Waals surface area contributed by atoms with E-state index in [4.69, 9.17) is 10.7 Å². The lowest BCUT2D eigenvalue weighted by molar-refractivity contribution is 0.104. The average Bonchev–Trinajstić information content (AvgIpc) is 2.62. The van der Waals surface area contributed by atoms with Gasteiger partial charge < -0.3 is 10.8 Å². The second-order valence-corrected chi connectivity index (χ2v) is 8.59. The van der Waals surface area contributed by atoms with E-state index in [0.717, 1.165) is 22.4 Å². The number of benzene rings is 2. The van der Waals surface area contributed by atoms with Crippen LogP contribution >= 0.6 is 31.9 Å². The lowest BCUT2D eigenvalue weighted by Crippen LogP contribution is -2.39. The number of fused-ring (bicyclic) bond motifs is 1. The molecule has 0 radical (unpaired) electrons. The molecule has 1 aliphatic carbocycles. The van der Waals surface area contributed by atoms with Crippen molar-refractivity contribution in [1.29, 1.82) is 0 Å². The van der Waals surface area contributed by atoms with Gasteiger partial charge in [-0.15, -0.1) is 0 Å². The average molecular weight is 494 g/mol. The summed E-state index contributed by atoms with van der Waals surface area (Å²) in [7, 11) is 4.25. The minimum Gasteiger partial charge on any atom is -0.506 e. The number of halogens is 2. The number of carbonyl (C=O) groups excluding carboxylic acids is 1. The molecule has 2 aromatic carbocycles. The normalized spacial score (nSPS) is 15.7. The summed E-state index contributed by atoms with van der Waals surface area (Å²) in [5.41, 5.74) is 9.25. The number of nitrogen functional groups attached to an aromatic ring is 1. The fourth-order valence-corrected chi connectivity index (χ4v) is 3.74. The van der Waals surface area contributed by atoms with Crippen molar-refractivity contribution >= 4 is 60.4 Å². The number of aromatic hydroxyl groups is 1. The predicted molar refractivity (Wildman–Crippen MR) is 118 cm³/mol. The lowest BCUT2D eigenvalue weighted by atomic mass is 9.91. The van der Waals surface area contributed by atoms with Crippen molar-refractivity contribution in [2.24, 2.45) is 4.99 Å². The summed E-state index contributed by atoms with van der Waals surface area (Å²) in [5.74, 6) is -0.329. The Kier molecular flexibility index (Phi) is 5.29. The molecular formula is C20H20Br2N3O2+. The highest BCUT2D eigenvalue weighted by Crippen LogP contribution is 2.40. The van der Waals surface area contributed by atoms with Crippen LogP contribution in [0.25, 0.3) is 0 Å². The number of nitrogens with two attached hydrogens (primary N) is 1. The molecule has 0 fully saturated rings. The maximum atomic E-state index is 12.5. The van der Waals surface area contributed by atoms with Crippen molar-refractivity contribution in [3.8, 4) is 5.75 Å². The number of phenols is 1. The standard InChI is InChI=1S/C20H19Br2N3O2/c1-4-25(2,3)12-7-5-6-11(8-12)24-16-10-14(22)19(26)17-15(23)9-13(21)20(27)18(16)17/h5-10H,4H2,1-3H3,(H2-,23,24,26,27)/p+1. The van der Waals surface area contributed by atoms with Gasteiger partial charge in [0.25, 0.3) is 0 Å². The number of nitrogens with zero attached hydrogens (tertiary/aromatic N) is 2. The molecule has 5 nitrogen and oxygen atoms in total. The summed E-state index contributed by atoms with van der Waals surface area (Å²) in [4.78, 5) is 17.3. The van der Waals surface area contributed by atoms with Gasteiger partial charge in [0.1, 0.15) is 11.4 Å². The monoisotopic (exact) mass is 492 g/mol. The third-order valence-corrected chi connectivity index (χ3v) is 6.01. The minimum absolute atomic E-state index is 0.0524. The highest BCUT2D eigenvalue weighted by Gasteiger charge is 2.29. The SMILES string of the molecule is CC[N+](C)(C)c1cccc(N=C2C=C(Br)C(=O)c3c(N)cc(Br)c(O)c32)c1. The van der Waals surface area contributed by atoms with Gasteiger partial charge in [0.15, 0.2) is 0 Å². The number of hydrogen-bond acceptors (Lipinski definition) is 4. The highest BCUT2D eigenvalue weighted by molar-refractivity contribution is 9.12. The second kappa shape index (κ2) is 7.22. The first-order chi connectivity index (χ1) is 12.7. The van der Waals surface area contributed by atoms with Gasteiger partial charge >= 0.3 is 0 Å². The van der Waals surface area contributed by atoms with Gasteiger partial charge in [-0.25, -0.2) is 4.99 Å². The number of ketones is 1. The Morgan fingerprint density at radius 2 is 1.89 bits per heavy atom. The molecule has 7 heteroatoms. The molecule has 27 heavy (non-hydrogen) atoms. The van der Waals surface area contributed by atoms with Crippen molar-refractivity contribution in [2.75, 3.05) is 26.4 Å². The summed E-state index contributed by atoms with van der Waals surface area (Å²) in [6, 6.07) is 9.43. The zero-order valence-corrected chi connectivity index (χ0v) is 18.4. The molecular weight excluding hydrogens is 474 g/mol. The Hall–Kier alpha value is -1.96. The Bertz CT molecular complexity index is 1010. The number of carbonyl (C=O) groups is 1. The van der Waals surface area contributed by atoms with Gasteiger partial charge in [-0.3, -0.25) is 9.28 Å². The first-order valence-electron chi connectivity index (χ1n) is 8.41. The maximum Gasteiger partial charge on any atom is 0.202 e. The molecule has 3 rings (SSSR count). The smallest absolute Gasteiger partial charge is 0.202 e. The van der Waals surface area contributed by atoms with Crippen molar-refractivity contribution < 1.29 is 9.90 Å². The molecule has 0 aliphatic heterocycles. The van der Waals surface area contributed by atoms with Crippen LogP contribution in [0.4, 0.5) is 17.1 Å². The van der Waals surface area contributed by atoms with Gasteiger partial charge in [0.2, 0.25) is 5.78 Å². The van der Waals surface area contributed by atoms with E-state index < -0.39 is 0 Å². The van der Waals surface area contributed by atoms with E-state index in [2.05, 4.69) is 58.9 Å². The second-order valence-electron chi connectivity index (χ2n) is 6.89. The van der Waals surface area contributed by atoms with Crippen LogP contribution in [0.1, 0.15) is 22.8 Å². The van der Waals surface area contributed by atoms with Crippen LogP contribution in [0.3, 0.4) is 0 Å². The maximum absolute atomic E-state index is 12.5. The van der Waals surface area contributed by atoms with Crippen LogP contribution in [0.2, 0.25) is 0 Å². The number of aliphatic imine (C=N–C) groups is 1. The zero-order chi connectivity index (χ0) is 19.9.